The number of carbonyl (C=O) groups is 2. The van der Waals surface area contributed by atoms with E-state index in [0.717, 1.165) is 5.56 Å². The second-order valence-corrected chi connectivity index (χ2v) is 6.18. The molecule has 4 rings (SSSR count). The fourth-order valence-electron chi connectivity index (χ4n) is 3.03. The molecule has 6 heteroatoms. The van der Waals surface area contributed by atoms with Gasteiger partial charge in [0, 0.05) is 17.4 Å². The number of nitrogens with one attached hydrogen (secondary N) is 2. The minimum Gasteiger partial charge on any atom is -0.456 e. The molecule has 6 nitrogen and oxygen atoms in total. The second kappa shape index (κ2) is 7.29. The van der Waals surface area contributed by atoms with Crippen LogP contribution in [0.15, 0.2) is 73.1 Å². The molecule has 2 amide bonds. The van der Waals surface area contributed by atoms with Gasteiger partial charge in [0.1, 0.15) is 11.5 Å². The Kier molecular flexibility index (Phi) is 4.53. The van der Waals surface area contributed by atoms with Gasteiger partial charge in [0.25, 0.3) is 5.91 Å². The molecule has 0 spiro atoms. The first-order valence-electron chi connectivity index (χ1n) is 8.56. The highest BCUT2D eigenvalue weighted by molar-refractivity contribution is 6.00. The van der Waals surface area contributed by atoms with E-state index in [2.05, 4.69) is 15.6 Å². The molecule has 1 atom stereocenters. The number of nitrogens with zero attached hydrogens (tertiary/aromatic N) is 1. The molecule has 0 radical (unpaired) electrons. The van der Waals surface area contributed by atoms with Crippen LogP contribution in [-0.4, -0.2) is 16.8 Å². The summed E-state index contributed by atoms with van der Waals surface area (Å²) < 4.78 is 5.67. The van der Waals surface area contributed by atoms with Gasteiger partial charge in [-0.05, 0) is 48.0 Å². The van der Waals surface area contributed by atoms with E-state index in [9.17, 15) is 9.59 Å². The molecule has 0 saturated heterocycles. The molecule has 0 aliphatic carbocycles. The van der Waals surface area contributed by atoms with Crippen molar-refractivity contribution in [1.29, 1.82) is 0 Å². The summed E-state index contributed by atoms with van der Waals surface area (Å²) in [6.45, 7) is 0. The van der Waals surface area contributed by atoms with Crippen LogP contribution in [0, 0.1) is 0 Å². The van der Waals surface area contributed by atoms with E-state index in [4.69, 9.17) is 4.74 Å². The van der Waals surface area contributed by atoms with E-state index in [0.29, 0.717) is 22.7 Å². The predicted octanol–water partition coefficient (Wildman–Crippen LogP) is 3.69. The zero-order chi connectivity index (χ0) is 18.6. The van der Waals surface area contributed by atoms with E-state index in [1.807, 2.05) is 24.3 Å². The van der Waals surface area contributed by atoms with E-state index >= 15 is 0 Å². The average Bonchev–Trinajstić information content (AvgIpc) is 3.00. The zero-order valence-corrected chi connectivity index (χ0v) is 14.4. The highest BCUT2D eigenvalue weighted by Crippen LogP contribution is 2.28. The number of carbonyl (C=O) groups excluding carboxylic acids is 2. The summed E-state index contributed by atoms with van der Waals surface area (Å²) >= 11 is 0. The maximum absolute atomic E-state index is 12.4. The van der Waals surface area contributed by atoms with Crippen molar-refractivity contribution in [2.24, 2.45) is 0 Å². The van der Waals surface area contributed by atoms with Crippen molar-refractivity contribution in [1.82, 2.24) is 10.3 Å². The fraction of sp³-hybridized carbons (Fsp3) is 0.0952. The van der Waals surface area contributed by atoms with Crippen molar-refractivity contribution in [3.63, 3.8) is 0 Å². The van der Waals surface area contributed by atoms with E-state index in [1.165, 1.54) is 0 Å². The lowest BCUT2D eigenvalue weighted by Crippen LogP contribution is -2.24. The van der Waals surface area contributed by atoms with Crippen LogP contribution in [0.3, 0.4) is 0 Å². The first-order chi connectivity index (χ1) is 13.2. The third-order valence-corrected chi connectivity index (χ3v) is 4.28. The van der Waals surface area contributed by atoms with Gasteiger partial charge in [-0.2, -0.15) is 0 Å². The van der Waals surface area contributed by atoms with Crippen LogP contribution in [0.4, 0.5) is 5.69 Å². The predicted molar refractivity (Wildman–Crippen MR) is 101 cm³/mol. The summed E-state index contributed by atoms with van der Waals surface area (Å²) in [7, 11) is 0. The SMILES string of the molecule is O=C(CC1NC(=O)c2ccccc21)Nc1ccc(Oc2cccnc2)cc1. The number of pyridine rings is 1. The number of hydrogen-bond acceptors (Lipinski definition) is 4. The van der Waals surface area contributed by atoms with Gasteiger partial charge < -0.3 is 15.4 Å². The van der Waals surface area contributed by atoms with Gasteiger partial charge in [-0.15, -0.1) is 0 Å². The van der Waals surface area contributed by atoms with Crippen molar-refractivity contribution < 1.29 is 14.3 Å². The molecule has 0 fully saturated rings. The number of fused-ring (bicyclic) bond motifs is 1. The van der Waals surface area contributed by atoms with Gasteiger partial charge in [-0.25, -0.2) is 0 Å². The quantitative estimate of drug-likeness (QED) is 0.728. The van der Waals surface area contributed by atoms with Crippen molar-refractivity contribution in [3.8, 4) is 11.5 Å². The normalized spacial score (nSPS) is 15.0. The van der Waals surface area contributed by atoms with E-state index in [1.54, 1.807) is 48.8 Å². The largest absolute Gasteiger partial charge is 0.456 e. The Morgan fingerprint density at radius 3 is 2.63 bits per heavy atom. The summed E-state index contributed by atoms with van der Waals surface area (Å²) in [4.78, 5) is 28.3. The Balaban J connectivity index is 1.37. The van der Waals surface area contributed by atoms with Crippen molar-refractivity contribution in [2.75, 3.05) is 5.32 Å². The molecule has 1 aromatic heterocycles. The lowest BCUT2D eigenvalue weighted by atomic mass is 10.0. The minimum atomic E-state index is -0.304. The lowest BCUT2D eigenvalue weighted by Gasteiger charge is -2.12. The third kappa shape index (κ3) is 3.79. The van der Waals surface area contributed by atoms with Crippen molar-refractivity contribution >= 4 is 17.5 Å². The third-order valence-electron chi connectivity index (χ3n) is 4.28. The first-order valence-corrected chi connectivity index (χ1v) is 8.56. The van der Waals surface area contributed by atoms with Crippen LogP contribution < -0.4 is 15.4 Å². The number of hydrogen-bond donors (Lipinski definition) is 2. The Labute approximate surface area is 156 Å². The van der Waals surface area contributed by atoms with Gasteiger partial charge in [0.2, 0.25) is 5.91 Å². The van der Waals surface area contributed by atoms with Gasteiger partial charge in [0.15, 0.2) is 0 Å². The smallest absolute Gasteiger partial charge is 0.252 e. The molecule has 3 aromatic rings. The minimum absolute atomic E-state index is 0.139. The van der Waals surface area contributed by atoms with Crippen molar-refractivity contribution in [3.05, 3.63) is 84.2 Å². The number of anilines is 1. The molecule has 1 aliphatic heterocycles. The summed E-state index contributed by atoms with van der Waals surface area (Å²) in [5, 5.41) is 5.69. The molecule has 1 unspecified atom stereocenters. The van der Waals surface area contributed by atoms with Crippen LogP contribution in [0.2, 0.25) is 0 Å². The number of aromatic nitrogens is 1. The standard InChI is InChI=1S/C21H17N3O3/c25-20(12-19-17-5-1-2-6-18(17)21(26)24-19)23-14-7-9-15(10-8-14)27-16-4-3-11-22-13-16/h1-11,13,19H,12H2,(H,23,25)(H,24,26). The Hall–Kier alpha value is -3.67. The first kappa shape index (κ1) is 16.8. The average molecular weight is 359 g/mol. The summed E-state index contributed by atoms with van der Waals surface area (Å²) in [5.74, 6) is 0.987. The molecule has 1 aliphatic rings. The van der Waals surface area contributed by atoms with E-state index in [-0.39, 0.29) is 24.3 Å². The molecular formula is C21H17N3O3. The summed E-state index contributed by atoms with van der Waals surface area (Å²) in [6, 6.07) is 17.7. The summed E-state index contributed by atoms with van der Waals surface area (Å²) in [6.07, 6.45) is 3.48. The highest BCUT2D eigenvalue weighted by Gasteiger charge is 2.29. The number of benzene rings is 2. The maximum atomic E-state index is 12.4. The fourth-order valence-corrected chi connectivity index (χ4v) is 3.03. The van der Waals surface area contributed by atoms with Crippen molar-refractivity contribution in [2.45, 2.75) is 12.5 Å². The van der Waals surface area contributed by atoms with Crippen LogP contribution in [0.1, 0.15) is 28.4 Å². The van der Waals surface area contributed by atoms with Gasteiger partial charge in [-0.3, -0.25) is 14.6 Å². The molecule has 134 valence electrons. The van der Waals surface area contributed by atoms with Crippen LogP contribution in [0.5, 0.6) is 11.5 Å². The van der Waals surface area contributed by atoms with E-state index < -0.39 is 0 Å². The molecule has 2 aromatic carbocycles. The number of amides is 2. The lowest BCUT2D eigenvalue weighted by molar-refractivity contribution is -0.116. The molecule has 2 heterocycles. The second-order valence-electron chi connectivity index (χ2n) is 6.18. The Morgan fingerprint density at radius 1 is 1.04 bits per heavy atom. The van der Waals surface area contributed by atoms with Crippen LogP contribution in [-0.2, 0) is 4.79 Å². The topological polar surface area (TPSA) is 80.3 Å². The number of ether oxygens (including phenoxy) is 1. The summed E-state index contributed by atoms with van der Waals surface area (Å²) in [5.41, 5.74) is 2.15. The molecule has 0 bridgehead atoms. The van der Waals surface area contributed by atoms with Gasteiger partial charge >= 0.3 is 0 Å². The van der Waals surface area contributed by atoms with Crippen LogP contribution >= 0.6 is 0 Å². The Morgan fingerprint density at radius 2 is 1.85 bits per heavy atom. The van der Waals surface area contributed by atoms with Gasteiger partial charge in [0.05, 0.1) is 18.7 Å². The molecular weight excluding hydrogens is 342 g/mol. The maximum Gasteiger partial charge on any atom is 0.252 e. The molecule has 27 heavy (non-hydrogen) atoms. The molecule has 2 N–H and O–H groups in total. The monoisotopic (exact) mass is 359 g/mol. The zero-order valence-electron chi connectivity index (χ0n) is 14.4. The van der Waals surface area contributed by atoms with Gasteiger partial charge in [-0.1, -0.05) is 18.2 Å². The highest BCUT2D eigenvalue weighted by atomic mass is 16.5. The number of rotatable bonds is 5. The Bertz CT molecular complexity index is 971. The molecule has 0 saturated carbocycles. The van der Waals surface area contributed by atoms with Crippen LogP contribution in [0.25, 0.3) is 0 Å².